The zero-order chi connectivity index (χ0) is 12.7. The number of amides is 1. The van der Waals surface area contributed by atoms with Crippen molar-refractivity contribution in [2.45, 2.75) is 13.8 Å². The number of carbonyl (C=O) groups excluding carboxylic acids is 1. The average molecular weight is 236 g/mol. The molecule has 5 heteroatoms. The number of pyridine rings is 1. The maximum absolute atomic E-state index is 11.7. The molecule has 0 aliphatic heterocycles. The fraction of sp³-hybridized carbons (Fsp3) is 0.500. The second kappa shape index (κ2) is 6.85. The van der Waals surface area contributed by atoms with E-state index < -0.39 is 0 Å². The highest BCUT2D eigenvalue weighted by Crippen LogP contribution is 2.03. The van der Waals surface area contributed by atoms with Crippen molar-refractivity contribution in [3.63, 3.8) is 0 Å². The molecule has 1 aromatic heterocycles. The van der Waals surface area contributed by atoms with Crippen molar-refractivity contribution >= 4 is 11.6 Å². The summed E-state index contributed by atoms with van der Waals surface area (Å²) in [5.41, 5.74) is 6.57. The lowest BCUT2D eigenvalue weighted by atomic mass is 10.2. The van der Waals surface area contributed by atoms with E-state index in [2.05, 4.69) is 29.0 Å². The highest BCUT2D eigenvalue weighted by atomic mass is 16.1. The number of carbonyl (C=O) groups is 1. The first-order chi connectivity index (χ1) is 8.17. The zero-order valence-electron chi connectivity index (χ0n) is 10.4. The summed E-state index contributed by atoms with van der Waals surface area (Å²) in [4.78, 5) is 17.9. The van der Waals surface area contributed by atoms with Crippen LogP contribution < -0.4 is 11.1 Å². The van der Waals surface area contributed by atoms with Crippen molar-refractivity contribution in [2.24, 2.45) is 0 Å². The fourth-order valence-corrected chi connectivity index (χ4v) is 1.55. The monoisotopic (exact) mass is 236 g/mol. The first kappa shape index (κ1) is 13.4. The van der Waals surface area contributed by atoms with Gasteiger partial charge in [-0.3, -0.25) is 9.78 Å². The van der Waals surface area contributed by atoms with E-state index in [-0.39, 0.29) is 5.91 Å². The number of aromatic nitrogens is 1. The van der Waals surface area contributed by atoms with Gasteiger partial charge < -0.3 is 16.0 Å². The number of likely N-dealkylation sites (N-methyl/N-ethyl adjacent to an activating group) is 1. The van der Waals surface area contributed by atoms with Gasteiger partial charge in [-0.1, -0.05) is 13.8 Å². The van der Waals surface area contributed by atoms with E-state index in [9.17, 15) is 4.79 Å². The minimum absolute atomic E-state index is 0.128. The van der Waals surface area contributed by atoms with Crippen LogP contribution in [0.1, 0.15) is 24.2 Å². The van der Waals surface area contributed by atoms with Gasteiger partial charge in [0.15, 0.2) is 0 Å². The minimum Gasteiger partial charge on any atom is -0.397 e. The molecule has 0 atom stereocenters. The number of hydrogen-bond acceptors (Lipinski definition) is 4. The van der Waals surface area contributed by atoms with Gasteiger partial charge in [0, 0.05) is 25.5 Å². The number of hydrogen-bond donors (Lipinski definition) is 2. The highest BCUT2D eigenvalue weighted by molar-refractivity contribution is 5.94. The van der Waals surface area contributed by atoms with Crippen LogP contribution >= 0.6 is 0 Å². The van der Waals surface area contributed by atoms with E-state index in [0.29, 0.717) is 17.8 Å². The Morgan fingerprint density at radius 3 is 2.71 bits per heavy atom. The van der Waals surface area contributed by atoms with Crippen molar-refractivity contribution < 1.29 is 4.79 Å². The van der Waals surface area contributed by atoms with E-state index in [1.807, 2.05) is 0 Å². The zero-order valence-corrected chi connectivity index (χ0v) is 10.4. The number of anilines is 1. The molecule has 1 heterocycles. The van der Waals surface area contributed by atoms with Gasteiger partial charge in [-0.05, 0) is 19.2 Å². The molecule has 1 rings (SSSR count). The Kier molecular flexibility index (Phi) is 5.42. The van der Waals surface area contributed by atoms with Gasteiger partial charge in [-0.2, -0.15) is 0 Å². The molecule has 0 saturated heterocycles. The van der Waals surface area contributed by atoms with Crippen LogP contribution in [-0.2, 0) is 0 Å². The molecule has 0 fully saturated rings. The average Bonchev–Trinajstić information content (AvgIpc) is 2.34. The third kappa shape index (κ3) is 4.40. The van der Waals surface area contributed by atoms with Gasteiger partial charge in [0.1, 0.15) is 0 Å². The predicted octanol–water partition coefficient (Wildman–Crippen LogP) is 0.735. The Balaban J connectivity index is 2.40. The number of nitrogens with one attached hydrogen (secondary N) is 1. The number of nitrogens with zero attached hydrogens (tertiary/aromatic N) is 2. The first-order valence-electron chi connectivity index (χ1n) is 5.88. The van der Waals surface area contributed by atoms with Gasteiger partial charge >= 0.3 is 0 Å². The molecule has 1 aromatic rings. The summed E-state index contributed by atoms with van der Waals surface area (Å²) in [6.45, 7) is 7.68. The van der Waals surface area contributed by atoms with Gasteiger partial charge in [0.05, 0.1) is 11.3 Å². The molecular weight excluding hydrogens is 216 g/mol. The fourth-order valence-electron chi connectivity index (χ4n) is 1.55. The van der Waals surface area contributed by atoms with Crippen molar-refractivity contribution in [3.8, 4) is 0 Å². The summed E-state index contributed by atoms with van der Waals surface area (Å²) in [6.07, 6.45) is 3.04. The number of nitrogens with two attached hydrogens (primary N) is 1. The van der Waals surface area contributed by atoms with Gasteiger partial charge in [-0.25, -0.2) is 0 Å². The molecule has 5 nitrogen and oxygen atoms in total. The lowest BCUT2D eigenvalue weighted by Crippen LogP contribution is -2.34. The largest absolute Gasteiger partial charge is 0.397 e. The van der Waals surface area contributed by atoms with E-state index in [0.717, 1.165) is 19.6 Å². The number of rotatable bonds is 6. The summed E-state index contributed by atoms with van der Waals surface area (Å²) in [6, 6.07) is 1.62. The molecule has 1 amide bonds. The third-order valence-corrected chi connectivity index (χ3v) is 2.63. The van der Waals surface area contributed by atoms with Crippen LogP contribution in [0.4, 0.5) is 5.69 Å². The van der Waals surface area contributed by atoms with Crippen LogP contribution in [0.25, 0.3) is 0 Å². The Morgan fingerprint density at radius 1 is 1.41 bits per heavy atom. The second-order valence-corrected chi connectivity index (χ2v) is 3.79. The predicted molar refractivity (Wildman–Crippen MR) is 68.8 cm³/mol. The van der Waals surface area contributed by atoms with Crippen molar-refractivity contribution in [1.82, 2.24) is 15.2 Å². The molecule has 0 aliphatic rings. The molecule has 0 radical (unpaired) electrons. The molecular formula is C12H20N4O. The summed E-state index contributed by atoms with van der Waals surface area (Å²) in [7, 11) is 0. The maximum atomic E-state index is 11.7. The molecule has 17 heavy (non-hydrogen) atoms. The molecule has 0 saturated carbocycles. The van der Waals surface area contributed by atoms with E-state index >= 15 is 0 Å². The van der Waals surface area contributed by atoms with E-state index in [1.165, 1.54) is 12.4 Å². The molecule has 0 aliphatic carbocycles. The second-order valence-electron chi connectivity index (χ2n) is 3.79. The van der Waals surface area contributed by atoms with Crippen molar-refractivity contribution in [1.29, 1.82) is 0 Å². The molecule has 94 valence electrons. The SMILES string of the molecule is CCN(CC)CCNC(=O)c1cncc(N)c1. The van der Waals surface area contributed by atoms with Crippen LogP contribution in [0, 0.1) is 0 Å². The van der Waals surface area contributed by atoms with Gasteiger partial charge in [0.2, 0.25) is 0 Å². The van der Waals surface area contributed by atoms with Crippen molar-refractivity contribution in [3.05, 3.63) is 24.0 Å². The Hall–Kier alpha value is -1.62. The van der Waals surface area contributed by atoms with Crippen LogP contribution in [0.3, 0.4) is 0 Å². The normalized spacial score (nSPS) is 10.5. The Labute approximate surface area is 102 Å². The molecule has 0 spiro atoms. The summed E-state index contributed by atoms with van der Waals surface area (Å²) < 4.78 is 0. The lowest BCUT2D eigenvalue weighted by Gasteiger charge is -2.17. The highest BCUT2D eigenvalue weighted by Gasteiger charge is 2.06. The van der Waals surface area contributed by atoms with Gasteiger partial charge in [-0.15, -0.1) is 0 Å². The standard InChI is InChI=1S/C12H20N4O/c1-3-16(4-2)6-5-15-12(17)10-7-11(13)9-14-8-10/h7-9H,3-6,13H2,1-2H3,(H,15,17). The van der Waals surface area contributed by atoms with Gasteiger partial charge in [0.25, 0.3) is 5.91 Å². The molecule has 3 N–H and O–H groups in total. The van der Waals surface area contributed by atoms with Crippen LogP contribution in [0.2, 0.25) is 0 Å². The van der Waals surface area contributed by atoms with E-state index in [4.69, 9.17) is 5.73 Å². The number of nitrogen functional groups attached to an aromatic ring is 1. The van der Waals surface area contributed by atoms with Crippen molar-refractivity contribution in [2.75, 3.05) is 31.9 Å². The first-order valence-corrected chi connectivity index (χ1v) is 5.88. The maximum Gasteiger partial charge on any atom is 0.252 e. The third-order valence-electron chi connectivity index (χ3n) is 2.63. The topological polar surface area (TPSA) is 71.2 Å². The lowest BCUT2D eigenvalue weighted by molar-refractivity contribution is 0.0948. The van der Waals surface area contributed by atoms with E-state index in [1.54, 1.807) is 6.07 Å². The smallest absolute Gasteiger partial charge is 0.252 e. The van der Waals surface area contributed by atoms with Crippen LogP contribution in [0.5, 0.6) is 0 Å². The minimum atomic E-state index is -0.128. The quantitative estimate of drug-likeness (QED) is 0.764. The Bertz CT molecular complexity index is 363. The molecule has 0 unspecified atom stereocenters. The Morgan fingerprint density at radius 2 is 2.12 bits per heavy atom. The van der Waals surface area contributed by atoms with Crippen LogP contribution in [-0.4, -0.2) is 42.0 Å². The summed E-state index contributed by atoms with van der Waals surface area (Å²) >= 11 is 0. The molecule has 0 bridgehead atoms. The molecule has 0 aromatic carbocycles. The summed E-state index contributed by atoms with van der Waals surface area (Å²) in [5, 5.41) is 2.85. The summed E-state index contributed by atoms with van der Waals surface area (Å²) in [5.74, 6) is -0.128. The van der Waals surface area contributed by atoms with Crippen LogP contribution in [0.15, 0.2) is 18.5 Å².